The number of hydrogen-bond donors (Lipinski definition) is 1. The van der Waals surface area contributed by atoms with E-state index < -0.39 is 6.09 Å². The highest BCUT2D eigenvalue weighted by Gasteiger charge is 2.32. The maximum atomic E-state index is 11.3. The van der Waals surface area contributed by atoms with E-state index in [-0.39, 0.29) is 6.04 Å². The van der Waals surface area contributed by atoms with Gasteiger partial charge in [-0.25, -0.2) is 4.79 Å². The molecule has 1 N–H and O–H groups in total. The van der Waals surface area contributed by atoms with Crippen LogP contribution >= 0.6 is 0 Å². The number of carbonyl (C=O) groups is 1. The molecule has 1 aromatic heterocycles. The van der Waals surface area contributed by atoms with Crippen molar-refractivity contribution in [3.8, 4) is 0 Å². The number of aryl methyl sites for hydroxylation is 2. The molecule has 5 nitrogen and oxygen atoms in total. The summed E-state index contributed by atoms with van der Waals surface area (Å²) in [6.45, 7) is 4.64. The second-order valence-corrected chi connectivity index (χ2v) is 4.97. The molecule has 5 heteroatoms. The number of likely N-dealkylation sites (tertiary alicyclic amines) is 1. The molecule has 2 rings (SSSR count). The topological polar surface area (TPSA) is 58.4 Å². The Morgan fingerprint density at radius 2 is 2.24 bits per heavy atom. The Kier molecular flexibility index (Phi) is 3.09. The average molecular weight is 237 g/mol. The fraction of sp³-hybridized carbons (Fsp3) is 0.667. The fourth-order valence-electron chi connectivity index (χ4n) is 2.61. The first kappa shape index (κ1) is 12.0. The van der Waals surface area contributed by atoms with Crippen LogP contribution in [0.25, 0.3) is 0 Å². The molecule has 94 valence electrons. The Hall–Kier alpha value is -1.52. The maximum absolute atomic E-state index is 11.3. The zero-order valence-electron chi connectivity index (χ0n) is 10.6. The van der Waals surface area contributed by atoms with Crippen molar-refractivity contribution in [1.82, 2.24) is 14.7 Å². The van der Waals surface area contributed by atoms with Crippen LogP contribution in [0.2, 0.25) is 0 Å². The molecule has 1 saturated heterocycles. The van der Waals surface area contributed by atoms with Gasteiger partial charge in [-0.15, -0.1) is 0 Å². The third kappa shape index (κ3) is 2.28. The van der Waals surface area contributed by atoms with Gasteiger partial charge in [0.15, 0.2) is 0 Å². The number of aromatic nitrogens is 2. The zero-order chi connectivity index (χ0) is 12.6. The highest BCUT2D eigenvalue weighted by Crippen LogP contribution is 2.33. The van der Waals surface area contributed by atoms with Gasteiger partial charge in [-0.05, 0) is 31.7 Å². The Labute approximate surface area is 101 Å². The van der Waals surface area contributed by atoms with Crippen molar-refractivity contribution in [2.75, 3.05) is 6.54 Å². The second kappa shape index (κ2) is 4.39. The summed E-state index contributed by atoms with van der Waals surface area (Å²) in [6.07, 6.45) is 1.12. The average Bonchev–Trinajstić information content (AvgIpc) is 2.57. The molecular formula is C12H19N3O2. The van der Waals surface area contributed by atoms with Crippen LogP contribution in [0.15, 0.2) is 6.07 Å². The smallest absolute Gasteiger partial charge is 0.407 e. The predicted molar refractivity (Wildman–Crippen MR) is 63.8 cm³/mol. The molecule has 17 heavy (non-hydrogen) atoms. The van der Waals surface area contributed by atoms with Gasteiger partial charge in [-0.2, -0.15) is 5.10 Å². The summed E-state index contributed by atoms with van der Waals surface area (Å²) >= 11 is 0. The minimum atomic E-state index is -0.833. The summed E-state index contributed by atoms with van der Waals surface area (Å²) in [5.74, 6) is 0.441. The summed E-state index contributed by atoms with van der Waals surface area (Å²) in [5, 5.41) is 13.6. The molecule has 1 fully saturated rings. The summed E-state index contributed by atoms with van der Waals surface area (Å²) in [5.41, 5.74) is 1.93. The molecule has 0 aromatic carbocycles. The Balaban J connectivity index is 2.29. The molecule has 0 radical (unpaired) electrons. The first-order valence-electron chi connectivity index (χ1n) is 5.99. The van der Waals surface area contributed by atoms with Crippen LogP contribution in [0, 0.1) is 12.8 Å². The molecule has 2 atom stereocenters. The van der Waals surface area contributed by atoms with Crippen molar-refractivity contribution >= 4 is 6.09 Å². The highest BCUT2D eigenvalue weighted by atomic mass is 16.4. The molecule has 2 heterocycles. The van der Waals surface area contributed by atoms with Gasteiger partial charge in [0.1, 0.15) is 0 Å². The van der Waals surface area contributed by atoms with E-state index in [9.17, 15) is 9.90 Å². The maximum Gasteiger partial charge on any atom is 0.407 e. The Morgan fingerprint density at radius 1 is 1.53 bits per heavy atom. The number of nitrogens with zero attached hydrogens (tertiary/aromatic N) is 3. The number of amides is 1. The second-order valence-electron chi connectivity index (χ2n) is 4.97. The van der Waals surface area contributed by atoms with Crippen molar-refractivity contribution in [2.45, 2.75) is 32.7 Å². The van der Waals surface area contributed by atoms with Crippen molar-refractivity contribution in [3.05, 3.63) is 17.5 Å². The lowest BCUT2D eigenvalue weighted by Crippen LogP contribution is -2.41. The van der Waals surface area contributed by atoms with Gasteiger partial charge in [0.05, 0.1) is 17.4 Å². The number of hydrogen-bond acceptors (Lipinski definition) is 2. The molecule has 1 amide bonds. The molecule has 0 bridgehead atoms. The SMILES string of the molecule is Cc1cc(C2CCC(C)CN2C(=O)O)n(C)n1. The summed E-state index contributed by atoms with van der Waals surface area (Å²) in [6, 6.07) is 1.94. The van der Waals surface area contributed by atoms with Gasteiger partial charge in [0, 0.05) is 13.6 Å². The molecule has 2 unspecified atom stereocenters. The van der Waals surface area contributed by atoms with Crippen LogP contribution in [-0.2, 0) is 7.05 Å². The minimum Gasteiger partial charge on any atom is -0.465 e. The fourth-order valence-corrected chi connectivity index (χ4v) is 2.61. The quantitative estimate of drug-likeness (QED) is 0.814. The van der Waals surface area contributed by atoms with E-state index in [1.165, 1.54) is 0 Å². The number of carboxylic acid groups (broad SMARTS) is 1. The van der Waals surface area contributed by atoms with Gasteiger partial charge in [0.25, 0.3) is 0 Å². The molecule has 1 aliphatic heterocycles. The summed E-state index contributed by atoms with van der Waals surface area (Å²) < 4.78 is 1.80. The van der Waals surface area contributed by atoms with E-state index in [0.717, 1.165) is 24.2 Å². The van der Waals surface area contributed by atoms with Crippen molar-refractivity contribution in [3.63, 3.8) is 0 Å². The molecular weight excluding hydrogens is 218 g/mol. The predicted octanol–water partition coefficient (Wildman–Crippen LogP) is 2.18. The standard InChI is InChI=1S/C12H19N3O2/c1-8-4-5-10(15(7-8)12(16)17)11-6-9(2)13-14(11)3/h6,8,10H,4-5,7H2,1-3H3,(H,16,17). The molecule has 0 aliphatic carbocycles. The van der Waals surface area contributed by atoms with Crippen LogP contribution in [0.4, 0.5) is 4.79 Å². The van der Waals surface area contributed by atoms with Crippen LogP contribution in [0.5, 0.6) is 0 Å². The Morgan fingerprint density at radius 3 is 2.76 bits per heavy atom. The summed E-state index contributed by atoms with van der Waals surface area (Å²) in [7, 11) is 1.88. The van der Waals surface area contributed by atoms with Crippen LogP contribution in [0.3, 0.4) is 0 Å². The van der Waals surface area contributed by atoms with E-state index in [1.54, 1.807) is 9.58 Å². The first-order chi connectivity index (χ1) is 7.99. The largest absolute Gasteiger partial charge is 0.465 e. The lowest BCUT2D eigenvalue weighted by molar-refractivity contribution is 0.0871. The highest BCUT2D eigenvalue weighted by molar-refractivity contribution is 5.65. The summed E-state index contributed by atoms with van der Waals surface area (Å²) in [4.78, 5) is 12.8. The molecule has 0 saturated carbocycles. The zero-order valence-corrected chi connectivity index (χ0v) is 10.6. The minimum absolute atomic E-state index is 0.0464. The van der Waals surface area contributed by atoms with Gasteiger partial charge in [-0.3, -0.25) is 9.58 Å². The third-order valence-electron chi connectivity index (χ3n) is 3.44. The molecule has 1 aliphatic rings. The lowest BCUT2D eigenvalue weighted by atomic mass is 9.92. The van der Waals surface area contributed by atoms with Crippen molar-refractivity contribution in [1.29, 1.82) is 0 Å². The molecule has 1 aromatic rings. The first-order valence-corrected chi connectivity index (χ1v) is 5.99. The number of rotatable bonds is 1. The van der Waals surface area contributed by atoms with E-state index in [1.807, 2.05) is 20.0 Å². The normalized spacial score (nSPS) is 25.0. The van der Waals surface area contributed by atoms with Gasteiger partial charge in [-0.1, -0.05) is 6.92 Å². The number of piperidine rings is 1. The van der Waals surface area contributed by atoms with Crippen molar-refractivity contribution < 1.29 is 9.90 Å². The van der Waals surface area contributed by atoms with E-state index in [2.05, 4.69) is 12.0 Å². The van der Waals surface area contributed by atoms with Crippen LogP contribution in [-0.4, -0.2) is 32.4 Å². The van der Waals surface area contributed by atoms with Crippen LogP contribution < -0.4 is 0 Å². The van der Waals surface area contributed by atoms with E-state index >= 15 is 0 Å². The van der Waals surface area contributed by atoms with E-state index in [0.29, 0.717) is 12.5 Å². The van der Waals surface area contributed by atoms with Crippen molar-refractivity contribution in [2.24, 2.45) is 13.0 Å². The van der Waals surface area contributed by atoms with Crippen LogP contribution in [0.1, 0.15) is 37.2 Å². The molecule has 0 spiro atoms. The van der Waals surface area contributed by atoms with Gasteiger partial charge < -0.3 is 5.11 Å². The monoisotopic (exact) mass is 237 g/mol. The van der Waals surface area contributed by atoms with E-state index in [4.69, 9.17) is 0 Å². The van der Waals surface area contributed by atoms with Gasteiger partial charge >= 0.3 is 6.09 Å². The lowest BCUT2D eigenvalue weighted by Gasteiger charge is -2.36. The Bertz CT molecular complexity index is 427. The van der Waals surface area contributed by atoms with Gasteiger partial charge in [0.2, 0.25) is 0 Å². The third-order valence-corrected chi connectivity index (χ3v) is 3.44.